The Morgan fingerprint density at radius 2 is 2.21 bits per heavy atom. The fraction of sp³-hybridized carbons (Fsp3) is 0.0625. The van der Waals surface area contributed by atoms with Gasteiger partial charge in [-0.05, 0) is 24.3 Å². The van der Waals surface area contributed by atoms with Crippen LogP contribution in [0.4, 0.5) is 9.52 Å². The average Bonchev–Trinajstić information content (AvgIpc) is 3.13. The predicted octanol–water partition coefficient (Wildman–Crippen LogP) is 4.26. The van der Waals surface area contributed by atoms with Gasteiger partial charge in [-0.25, -0.2) is 13.9 Å². The van der Waals surface area contributed by atoms with Crippen molar-refractivity contribution < 1.29 is 4.39 Å². The van der Waals surface area contributed by atoms with Crippen LogP contribution in [-0.4, -0.2) is 19.6 Å². The first-order valence-corrected chi connectivity index (χ1v) is 8.33. The molecule has 1 aromatic carbocycles. The third kappa shape index (κ3) is 2.95. The molecule has 3 heterocycles. The number of imidazole rings is 1. The molecule has 0 aliphatic carbocycles. The molecule has 3 aromatic heterocycles. The van der Waals surface area contributed by atoms with Crippen LogP contribution < -0.4 is 5.32 Å². The Hall–Kier alpha value is -2.51. The molecular formula is C16H11ClFN5S. The van der Waals surface area contributed by atoms with Gasteiger partial charge in [0.05, 0.1) is 11.9 Å². The molecule has 0 fully saturated rings. The molecule has 0 aliphatic heterocycles. The van der Waals surface area contributed by atoms with Crippen molar-refractivity contribution >= 4 is 33.0 Å². The van der Waals surface area contributed by atoms with Crippen molar-refractivity contribution in [3.05, 3.63) is 65.3 Å². The number of pyridine rings is 1. The number of fused-ring (bicyclic) bond motifs is 1. The molecule has 0 aliphatic rings. The summed E-state index contributed by atoms with van der Waals surface area (Å²) in [4.78, 5) is 9.38. The normalized spacial score (nSPS) is 11.1. The number of hydrogen-bond acceptors (Lipinski definition) is 5. The summed E-state index contributed by atoms with van der Waals surface area (Å²) in [6.45, 7) is 0.329. The Kier molecular flexibility index (Phi) is 3.87. The molecular weight excluding hydrogens is 349 g/mol. The lowest BCUT2D eigenvalue weighted by molar-refractivity contribution is 0.613. The molecule has 0 saturated heterocycles. The second kappa shape index (κ2) is 6.18. The zero-order valence-electron chi connectivity index (χ0n) is 12.3. The van der Waals surface area contributed by atoms with Crippen LogP contribution in [0.15, 0.2) is 48.9 Å². The van der Waals surface area contributed by atoms with Crippen LogP contribution in [-0.2, 0) is 6.54 Å². The van der Waals surface area contributed by atoms with Crippen molar-refractivity contribution in [1.29, 1.82) is 0 Å². The van der Waals surface area contributed by atoms with Gasteiger partial charge in [-0.15, -0.1) is 5.10 Å². The average molecular weight is 360 g/mol. The van der Waals surface area contributed by atoms with Crippen molar-refractivity contribution in [3.8, 4) is 11.3 Å². The Morgan fingerprint density at radius 1 is 1.29 bits per heavy atom. The molecule has 0 saturated carbocycles. The van der Waals surface area contributed by atoms with Crippen molar-refractivity contribution in [2.45, 2.75) is 6.54 Å². The Morgan fingerprint density at radius 3 is 2.96 bits per heavy atom. The molecule has 120 valence electrons. The number of hydrogen-bond donors (Lipinski definition) is 1. The van der Waals surface area contributed by atoms with Gasteiger partial charge in [0, 0.05) is 35.1 Å². The van der Waals surface area contributed by atoms with Gasteiger partial charge in [0.2, 0.25) is 10.1 Å². The van der Waals surface area contributed by atoms with E-state index in [1.165, 1.54) is 17.4 Å². The molecule has 0 atom stereocenters. The predicted molar refractivity (Wildman–Crippen MR) is 92.8 cm³/mol. The van der Waals surface area contributed by atoms with Gasteiger partial charge in [0.15, 0.2) is 0 Å². The largest absolute Gasteiger partial charge is 0.356 e. The van der Waals surface area contributed by atoms with Crippen LogP contribution in [0.25, 0.3) is 16.2 Å². The smallest absolute Gasteiger partial charge is 0.214 e. The highest BCUT2D eigenvalue weighted by Crippen LogP contribution is 2.24. The first kappa shape index (κ1) is 15.0. The number of nitrogens with zero attached hydrogens (tertiary/aromatic N) is 4. The van der Waals surface area contributed by atoms with Crippen LogP contribution in [0.5, 0.6) is 0 Å². The lowest BCUT2D eigenvalue weighted by Gasteiger charge is -2.04. The Balaban J connectivity index is 1.52. The zero-order valence-corrected chi connectivity index (χ0v) is 13.9. The fourth-order valence-electron chi connectivity index (χ4n) is 2.26. The SMILES string of the molecule is Fc1cc(Cl)ccc1CNc1nn2cc(-c3cccnc3)nc2s1. The van der Waals surface area contributed by atoms with Gasteiger partial charge in [-0.2, -0.15) is 0 Å². The lowest BCUT2D eigenvalue weighted by atomic mass is 10.2. The van der Waals surface area contributed by atoms with E-state index in [4.69, 9.17) is 11.6 Å². The van der Waals surface area contributed by atoms with Crippen molar-refractivity contribution in [2.75, 3.05) is 5.32 Å². The standard InChI is InChI=1S/C16H11ClFN5S/c17-12-4-3-10(13(18)6-12)8-20-15-22-23-9-14(21-16(23)24-15)11-2-1-5-19-7-11/h1-7,9H,8H2,(H,20,22). The highest BCUT2D eigenvalue weighted by molar-refractivity contribution is 7.20. The Labute approximate surface area is 145 Å². The van der Waals surface area contributed by atoms with E-state index in [1.54, 1.807) is 29.0 Å². The lowest BCUT2D eigenvalue weighted by Crippen LogP contribution is -2.01. The van der Waals surface area contributed by atoms with E-state index in [2.05, 4.69) is 20.4 Å². The maximum atomic E-state index is 13.8. The summed E-state index contributed by atoms with van der Waals surface area (Å²) < 4.78 is 15.5. The van der Waals surface area contributed by atoms with Crippen LogP contribution in [0.1, 0.15) is 5.56 Å². The van der Waals surface area contributed by atoms with Gasteiger partial charge in [-0.1, -0.05) is 29.0 Å². The molecule has 5 nitrogen and oxygen atoms in total. The summed E-state index contributed by atoms with van der Waals surface area (Å²) in [5.74, 6) is -0.338. The molecule has 0 radical (unpaired) electrons. The molecule has 8 heteroatoms. The summed E-state index contributed by atoms with van der Waals surface area (Å²) in [7, 11) is 0. The summed E-state index contributed by atoms with van der Waals surface area (Å²) >= 11 is 7.15. The summed E-state index contributed by atoms with van der Waals surface area (Å²) in [6, 6.07) is 8.43. The third-order valence-electron chi connectivity index (χ3n) is 3.45. The van der Waals surface area contributed by atoms with E-state index in [9.17, 15) is 4.39 Å². The number of halogens is 2. The van der Waals surface area contributed by atoms with E-state index >= 15 is 0 Å². The maximum Gasteiger partial charge on any atom is 0.214 e. The third-order valence-corrected chi connectivity index (χ3v) is 4.56. The molecule has 0 unspecified atom stereocenters. The summed E-state index contributed by atoms with van der Waals surface area (Å²) in [6.07, 6.45) is 5.32. The minimum Gasteiger partial charge on any atom is -0.356 e. The maximum absolute atomic E-state index is 13.8. The highest BCUT2D eigenvalue weighted by Gasteiger charge is 2.10. The second-order valence-electron chi connectivity index (χ2n) is 5.09. The van der Waals surface area contributed by atoms with E-state index in [0.29, 0.717) is 22.3 Å². The molecule has 4 rings (SSSR count). The second-order valence-corrected chi connectivity index (χ2v) is 6.48. The molecule has 1 N–H and O–H groups in total. The highest BCUT2D eigenvalue weighted by atomic mass is 35.5. The zero-order chi connectivity index (χ0) is 16.5. The molecule has 0 bridgehead atoms. The monoisotopic (exact) mass is 359 g/mol. The molecule has 24 heavy (non-hydrogen) atoms. The van der Waals surface area contributed by atoms with E-state index < -0.39 is 0 Å². The quantitative estimate of drug-likeness (QED) is 0.591. The van der Waals surface area contributed by atoms with Gasteiger partial charge >= 0.3 is 0 Å². The summed E-state index contributed by atoms with van der Waals surface area (Å²) in [5.41, 5.74) is 2.29. The van der Waals surface area contributed by atoms with Crippen molar-refractivity contribution in [2.24, 2.45) is 0 Å². The first-order valence-electron chi connectivity index (χ1n) is 7.13. The minimum absolute atomic E-state index is 0.329. The number of aromatic nitrogens is 4. The van der Waals surface area contributed by atoms with E-state index in [0.717, 1.165) is 16.2 Å². The first-order chi connectivity index (χ1) is 11.7. The number of anilines is 1. The van der Waals surface area contributed by atoms with Gasteiger partial charge < -0.3 is 5.32 Å². The fourth-order valence-corrected chi connectivity index (χ4v) is 3.20. The topological polar surface area (TPSA) is 55.1 Å². The van der Waals surface area contributed by atoms with Crippen molar-refractivity contribution in [3.63, 3.8) is 0 Å². The van der Waals surface area contributed by atoms with Gasteiger partial charge in [0.1, 0.15) is 5.82 Å². The van der Waals surface area contributed by atoms with E-state index in [1.807, 2.05) is 18.3 Å². The minimum atomic E-state index is -0.338. The van der Waals surface area contributed by atoms with Crippen molar-refractivity contribution in [1.82, 2.24) is 19.6 Å². The van der Waals surface area contributed by atoms with Crippen LogP contribution in [0.2, 0.25) is 5.02 Å². The van der Waals surface area contributed by atoms with Crippen LogP contribution in [0.3, 0.4) is 0 Å². The van der Waals surface area contributed by atoms with Gasteiger partial charge in [-0.3, -0.25) is 4.98 Å². The number of nitrogens with one attached hydrogen (secondary N) is 1. The molecule has 0 amide bonds. The number of rotatable bonds is 4. The number of benzene rings is 1. The van der Waals surface area contributed by atoms with E-state index in [-0.39, 0.29) is 5.82 Å². The van der Waals surface area contributed by atoms with Gasteiger partial charge in [0.25, 0.3) is 0 Å². The van der Waals surface area contributed by atoms with Crippen LogP contribution >= 0.6 is 22.9 Å². The summed E-state index contributed by atoms with van der Waals surface area (Å²) in [5, 5.41) is 8.57. The van der Waals surface area contributed by atoms with Crippen LogP contribution in [0, 0.1) is 5.82 Å². The molecule has 4 aromatic rings. The Bertz CT molecular complexity index is 967. The molecule has 0 spiro atoms.